The number of rotatable bonds is 11. The van der Waals surface area contributed by atoms with E-state index in [-0.39, 0.29) is 30.3 Å². The highest BCUT2D eigenvalue weighted by molar-refractivity contribution is 5.92. The van der Waals surface area contributed by atoms with Crippen LogP contribution in [0.5, 0.6) is 0 Å². The van der Waals surface area contributed by atoms with Gasteiger partial charge in [0.05, 0.1) is 18.3 Å². The largest absolute Gasteiger partial charge is 0.507 e. The van der Waals surface area contributed by atoms with Crippen LogP contribution in [0.15, 0.2) is 35.1 Å². The van der Waals surface area contributed by atoms with E-state index >= 15 is 0 Å². The molecule has 248 valence electrons. The Morgan fingerprint density at radius 1 is 1.05 bits per heavy atom. The summed E-state index contributed by atoms with van der Waals surface area (Å²) in [4.78, 5) is 12.5. The van der Waals surface area contributed by atoms with E-state index < -0.39 is 23.6 Å². The molecule has 10 atom stereocenters. The second-order valence-electron chi connectivity index (χ2n) is 15.7. The molecule has 0 amide bonds. The van der Waals surface area contributed by atoms with Crippen molar-refractivity contribution in [3.8, 4) is 0 Å². The first-order valence-electron chi connectivity index (χ1n) is 17.4. The van der Waals surface area contributed by atoms with E-state index in [1.54, 1.807) is 5.57 Å². The van der Waals surface area contributed by atoms with Crippen LogP contribution in [0.4, 0.5) is 0 Å². The van der Waals surface area contributed by atoms with Crippen molar-refractivity contribution in [3.05, 3.63) is 35.1 Å². The number of aliphatic hydroxyl groups is 3. The highest BCUT2D eigenvalue weighted by atomic mass is 16.6. The van der Waals surface area contributed by atoms with E-state index in [1.807, 2.05) is 0 Å². The number of hydrogen-bond acceptors (Lipinski definition) is 7. The first-order chi connectivity index (χ1) is 20.8. The van der Waals surface area contributed by atoms with Gasteiger partial charge in [0, 0.05) is 7.11 Å². The van der Waals surface area contributed by atoms with E-state index in [4.69, 9.17) is 14.2 Å². The molecule has 0 aromatic heterocycles. The summed E-state index contributed by atoms with van der Waals surface area (Å²) in [5.74, 6) is 1.36. The van der Waals surface area contributed by atoms with Crippen molar-refractivity contribution < 1.29 is 34.3 Å². The number of carbonyl (C=O) groups excluding carboxylic acids is 1. The second kappa shape index (κ2) is 13.2. The normalized spacial score (nSPS) is 40.7. The predicted octanol–water partition coefficient (Wildman–Crippen LogP) is 7.03. The number of ether oxygens (including phenoxy) is 3. The molecule has 5 rings (SSSR count). The zero-order chi connectivity index (χ0) is 31.9. The smallest absolute Gasteiger partial charge is 0.338 e. The molecule has 3 fully saturated rings. The molecule has 0 saturated heterocycles. The molecule has 0 radical (unpaired) electrons. The first kappa shape index (κ1) is 33.7. The highest BCUT2D eigenvalue weighted by Crippen LogP contribution is 2.67. The summed E-state index contributed by atoms with van der Waals surface area (Å²) in [5.41, 5.74) is 2.32. The van der Waals surface area contributed by atoms with Crippen molar-refractivity contribution in [2.45, 2.75) is 123 Å². The van der Waals surface area contributed by atoms with Crippen LogP contribution in [0.2, 0.25) is 0 Å². The van der Waals surface area contributed by atoms with Crippen LogP contribution in [-0.2, 0) is 19.0 Å². The Kier molecular flexibility index (Phi) is 10.1. The molecule has 3 unspecified atom stereocenters. The Hall–Kier alpha value is -1.67. The predicted molar refractivity (Wildman–Crippen MR) is 171 cm³/mol. The van der Waals surface area contributed by atoms with Crippen molar-refractivity contribution in [1.82, 2.24) is 0 Å². The molecule has 0 aromatic carbocycles. The average molecular weight is 615 g/mol. The zero-order valence-electron chi connectivity index (χ0n) is 28.0. The maximum absolute atomic E-state index is 12.5. The zero-order valence-corrected chi connectivity index (χ0v) is 28.0. The summed E-state index contributed by atoms with van der Waals surface area (Å²) in [6, 6.07) is 0. The lowest BCUT2D eigenvalue weighted by Gasteiger charge is -2.58. The van der Waals surface area contributed by atoms with Crippen molar-refractivity contribution in [1.29, 1.82) is 0 Å². The summed E-state index contributed by atoms with van der Waals surface area (Å²) < 4.78 is 16.3. The monoisotopic (exact) mass is 614 g/mol. The van der Waals surface area contributed by atoms with Crippen LogP contribution in [0.3, 0.4) is 0 Å². The number of methoxy groups -OCH3 is 1. The minimum atomic E-state index is -2.27. The average Bonchev–Trinajstić information content (AvgIpc) is 3.34. The Labute approximate surface area is 265 Å². The standard InChI is InChI=1S/C37H58O7/c1-23(2)8-7-9-24(3)29-12-13-30-28-11-10-26-22-27(14-16-35(26,4)31(28)15-17-36(29,30)5)43-18-19-44-34(40)25-20-32(38)37(41,42-6)33(39)21-25/h10,20-21,23-24,27-32,38-39,41H,7-9,11-19,22H2,1-6H3/t24-,27?,28+,29-,30+,31+,32?,35+,36-,37?/m1/s1. The van der Waals surface area contributed by atoms with Crippen molar-refractivity contribution in [3.63, 3.8) is 0 Å². The summed E-state index contributed by atoms with van der Waals surface area (Å²) in [7, 11) is 1.16. The SMILES string of the molecule is COC1(O)C(O)=CC(C(=O)OCCOC2CC[C@@]3(C)C(=CC[C@H]4[C@@H]5CC[C@H]([C@H](C)CCCC(C)C)[C@@]5(C)CC[C@@H]43)C2)=CC1O. The molecular weight excluding hydrogens is 556 g/mol. The molecule has 5 aliphatic rings. The Bertz CT molecular complexity index is 1140. The third kappa shape index (κ3) is 6.20. The molecule has 0 aliphatic heterocycles. The molecule has 7 nitrogen and oxygen atoms in total. The van der Waals surface area contributed by atoms with Crippen LogP contribution < -0.4 is 0 Å². The van der Waals surface area contributed by atoms with Gasteiger partial charge < -0.3 is 29.5 Å². The molecule has 5 aliphatic carbocycles. The Morgan fingerprint density at radius 2 is 1.82 bits per heavy atom. The first-order valence-corrected chi connectivity index (χ1v) is 17.4. The number of hydrogen-bond donors (Lipinski definition) is 3. The van der Waals surface area contributed by atoms with Crippen LogP contribution in [0.1, 0.15) is 105 Å². The van der Waals surface area contributed by atoms with Gasteiger partial charge in [-0.15, -0.1) is 0 Å². The van der Waals surface area contributed by atoms with Gasteiger partial charge in [-0.3, -0.25) is 0 Å². The van der Waals surface area contributed by atoms with Gasteiger partial charge in [-0.1, -0.05) is 65.5 Å². The quantitative estimate of drug-likeness (QED) is 0.0993. The molecular formula is C37H58O7. The van der Waals surface area contributed by atoms with E-state index in [0.29, 0.717) is 5.41 Å². The molecule has 3 N–H and O–H groups in total. The lowest BCUT2D eigenvalue weighted by Crippen LogP contribution is -2.51. The van der Waals surface area contributed by atoms with E-state index in [9.17, 15) is 20.1 Å². The van der Waals surface area contributed by atoms with Crippen LogP contribution in [0.25, 0.3) is 0 Å². The van der Waals surface area contributed by atoms with Crippen molar-refractivity contribution >= 4 is 5.97 Å². The van der Waals surface area contributed by atoms with Crippen LogP contribution in [0, 0.1) is 46.3 Å². The topological polar surface area (TPSA) is 105 Å². The minimum Gasteiger partial charge on any atom is -0.507 e. The number of fused-ring (bicyclic) bond motifs is 5. The van der Waals surface area contributed by atoms with Gasteiger partial charge in [-0.05, 0) is 110 Å². The van der Waals surface area contributed by atoms with Gasteiger partial charge in [0.15, 0.2) is 5.76 Å². The van der Waals surface area contributed by atoms with Gasteiger partial charge in [-0.2, -0.15) is 0 Å². The maximum atomic E-state index is 12.5. The molecule has 0 heterocycles. The fourth-order valence-electron chi connectivity index (χ4n) is 10.3. The van der Waals surface area contributed by atoms with E-state index in [1.165, 1.54) is 51.4 Å². The van der Waals surface area contributed by atoms with Gasteiger partial charge in [0.25, 0.3) is 5.79 Å². The molecule has 44 heavy (non-hydrogen) atoms. The van der Waals surface area contributed by atoms with Crippen molar-refractivity contribution in [2.75, 3.05) is 20.3 Å². The van der Waals surface area contributed by atoms with E-state index in [2.05, 4.69) is 40.7 Å². The van der Waals surface area contributed by atoms with E-state index in [0.717, 1.165) is 74.0 Å². The summed E-state index contributed by atoms with van der Waals surface area (Å²) in [6.07, 6.45) is 17.3. The van der Waals surface area contributed by atoms with Gasteiger partial charge in [0.1, 0.15) is 12.7 Å². The van der Waals surface area contributed by atoms with Crippen molar-refractivity contribution in [2.24, 2.45) is 46.3 Å². The van der Waals surface area contributed by atoms with Gasteiger partial charge in [-0.25, -0.2) is 4.79 Å². The third-order valence-corrected chi connectivity index (χ3v) is 12.9. The summed E-state index contributed by atoms with van der Waals surface area (Å²) >= 11 is 0. The molecule has 7 heteroatoms. The van der Waals surface area contributed by atoms with Gasteiger partial charge in [0.2, 0.25) is 0 Å². The fourth-order valence-corrected chi connectivity index (χ4v) is 10.3. The fraction of sp³-hybridized carbons (Fsp3) is 0.811. The van der Waals surface area contributed by atoms with Gasteiger partial charge >= 0.3 is 5.97 Å². The molecule has 0 bridgehead atoms. The summed E-state index contributed by atoms with van der Waals surface area (Å²) in [5, 5.41) is 30.3. The van der Waals surface area contributed by atoms with Crippen LogP contribution in [-0.4, -0.2) is 59.6 Å². The molecule has 0 aromatic rings. The molecule has 0 spiro atoms. The third-order valence-electron chi connectivity index (χ3n) is 12.9. The number of esters is 1. The Balaban J connectivity index is 1.12. The number of carbonyl (C=O) groups is 1. The molecule has 3 saturated carbocycles. The maximum Gasteiger partial charge on any atom is 0.338 e. The second-order valence-corrected chi connectivity index (χ2v) is 15.7. The Morgan fingerprint density at radius 3 is 2.52 bits per heavy atom. The number of allylic oxidation sites excluding steroid dienone is 1. The van der Waals surface area contributed by atoms with Crippen LogP contribution >= 0.6 is 0 Å². The minimum absolute atomic E-state index is 0.0372. The highest BCUT2D eigenvalue weighted by Gasteiger charge is 2.59. The summed E-state index contributed by atoms with van der Waals surface area (Å²) in [6.45, 7) is 12.8. The lowest BCUT2D eigenvalue weighted by molar-refractivity contribution is -0.221. The lowest BCUT2D eigenvalue weighted by atomic mass is 9.47. The number of aliphatic hydroxyl groups excluding tert-OH is 2.